The molecular formula is C17H20N6O. The number of aryl methyl sites for hydroxylation is 1. The van der Waals surface area contributed by atoms with Crippen molar-refractivity contribution in [2.45, 2.75) is 6.92 Å². The van der Waals surface area contributed by atoms with Gasteiger partial charge in [-0.2, -0.15) is 0 Å². The van der Waals surface area contributed by atoms with Gasteiger partial charge in [-0.25, -0.2) is 15.0 Å². The maximum absolute atomic E-state index is 5.48. The predicted molar refractivity (Wildman–Crippen MR) is 93.8 cm³/mol. The number of ether oxygens (including phenoxy) is 1. The second-order valence-corrected chi connectivity index (χ2v) is 5.86. The molecule has 0 radical (unpaired) electrons. The van der Waals surface area contributed by atoms with E-state index in [9.17, 15) is 0 Å². The van der Waals surface area contributed by atoms with Crippen LogP contribution in [0.5, 0.6) is 5.75 Å². The number of H-pyrrole nitrogens is 1. The number of hydrogen-bond donors (Lipinski definition) is 1. The third-order valence-electron chi connectivity index (χ3n) is 4.39. The smallest absolute Gasteiger partial charge is 0.183 e. The quantitative estimate of drug-likeness (QED) is 0.794. The molecule has 4 rings (SSSR count). The van der Waals surface area contributed by atoms with Crippen molar-refractivity contribution in [3.05, 3.63) is 36.4 Å². The molecule has 0 atom stereocenters. The second kappa shape index (κ2) is 5.99. The lowest BCUT2D eigenvalue weighted by molar-refractivity contribution is 0.413. The summed E-state index contributed by atoms with van der Waals surface area (Å²) < 4.78 is 5.48. The molecule has 1 aromatic carbocycles. The van der Waals surface area contributed by atoms with Crippen molar-refractivity contribution >= 4 is 22.7 Å². The molecule has 1 aliphatic rings. The Labute approximate surface area is 140 Å². The molecule has 124 valence electrons. The van der Waals surface area contributed by atoms with Crippen LogP contribution in [0.4, 0.5) is 11.5 Å². The zero-order valence-electron chi connectivity index (χ0n) is 13.9. The van der Waals surface area contributed by atoms with Gasteiger partial charge >= 0.3 is 0 Å². The number of aromatic amines is 1. The van der Waals surface area contributed by atoms with Gasteiger partial charge in [0.15, 0.2) is 11.5 Å². The number of hydrogen-bond acceptors (Lipinski definition) is 6. The summed E-state index contributed by atoms with van der Waals surface area (Å²) in [4.78, 5) is 21.0. The molecule has 1 N–H and O–H groups in total. The van der Waals surface area contributed by atoms with Crippen molar-refractivity contribution in [1.82, 2.24) is 19.9 Å². The van der Waals surface area contributed by atoms with Crippen LogP contribution in [-0.4, -0.2) is 53.2 Å². The maximum atomic E-state index is 5.48. The molecule has 24 heavy (non-hydrogen) atoms. The molecule has 7 heteroatoms. The predicted octanol–water partition coefficient (Wildman–Crippen LogP) is 2.00. The fraction of sp³-hybridized carbons (Fsp3) is 0.353. The van der Waals surface area contributed by atoms with E-state index >= 15 is 0 Å². The Morgan fingerprint density at radius 2 is 1.79 bits per heavy atom. The van der Waals surface area contributed by atoms with Gasteiger partial charge in [0.1, 0.15) is 23.4 Å². The minimum atomic E-state index is 0.727. The highest BCUT2D eigenvalue weighted by Gasteiger charge is 2.22. The lowest BCUT2D eigenvalue weighted by Gasteiger charge is -2.37. The normalized spacial score (nSPS) is 15.1. The number of piperazine rings is 1. The Hall–Kier alpha value is -2.83. The molecule has 7 nitrogen and oxygen atoms in total. The van der Waals surface area contributed by atoms with E-state index in [4.69, 9.17) is 4.74 Å². The first-order valence-corrected chi connectivity index (χ1v) is 8.06. The van der Waals surface area contributed by atoms with Crippen LogP contribution in [0.3, 0.4) is 0 Å². The SMILES string of the molecule is COc1ccccc1N1CCN(c2ncnc3nc(C)[nH]c23)CC1. The topological polar surface area (TPSA) is 70.2 Å². The van der Waals surface area contributed by atoms with Gasteiger partial charge in [0, 0.05) is 26.2 Å². The summed E-state index contributed by atoms with van der Waals surface area (Å²) in [5.41, 5.74) is 2.79. The summed E-state index contributed by atoms with van der Waals surface area (Å²) in [7, 11) is 1.72. The zero-order chi connectivity index (χ0) is 16.5. The van der Waals surface area contributed by atoms with Crippen LogP contribution in [0.1, 0.15) is 5.82 Å². The van der Waals surface area contributed by atoms with E-state index in [-0.39, 0.29) is 0 Å². The molecule has 0 unspecified atom stereocenters. The van der Waals surface area contributed by atoms with Crippen LogP contribution >= 0.6 is 0 Å². The monoisotopic (exact) mass is 324 g/mol. The van der Waals surface area contributed by atoms with E-state index in [1.807, 2.05) is 25.1 Å². The largest absolute Gasteiger partial charge is 0.495 e. The lowest BCUT2D eigenvalue weighted by atomic mass is 10.2. The standard InChI is InChI=1S/C17H20N6O/c1-12-20-15-16(21-12)18-11-19-17(15)23-9-7-22(8-10-23)13-5-3-4-6-14(13)24-2/h3-6,11H,7-10H2,1-2H3,(H,18,19,20,21). The molecular weight excluding hydrogens is 304 g/mol. The number of nitrogens with zero attached hydrogens (tertiary/aromatic N) is 5. The first kappa shape index (κ1) is 14.7. The minimum absolute atomic E-state index is 0.727. The van der Waals surface area contributed by atoms with Crippen molar-refractivity contribution < 1.29 is 4.74 Å². The van der Waals surface area contributed by atoms with Gasteiger partial charge in [-0.15, -0.1) is 0 Å². The van der Waals surface area contributed by atoms with Gasteiger partial charge in [0.25, 0.3) is 0 Å². The number of benzene rings is 1. The number of imidazole rings is 1. The van der Waals surface area contributed by atoms with Gasteiger partial charge in [0.2, 0.25) is 0 Å². The Balaban J connectivity index is 1.55. The molecule has 0 spiro atoms. The summed E-state index contributed by atoms with van der Waals surface area (Å²) in [6.07, 6.45) is 1.59. The van der Waals surface area contributed by atoms with Crippen molar-refractivity contribution in [1.29, 1.82) is 0 Å². The van der Waals surface area contributed by atoms with Gasteiger partial charge < -0.3 is 19.5 Å². The molecule has 0 aliphatic carbocycles. The van der Waals surface area contributed by atoms with E-state index in [1.165, 1.54) is 0 Å². The highest BCUT2D eigenvalue weighted by atomic mass is 16.5. The average Bonchev–Trinajstić information content (AvgIpc) is 3.02. The van der Waals surface area contributed by atoms with E-state index in [2.05, 4.69) is 35.8 Å². The van der Waals surface area contributed by atoms with E-state index in [0.29, 0.717) is 0 Å². The van der Waals surface area contributed by atoms with E-state index in [0.717, 1.165) is 60.4 Å². The molecule has 1 fully saturated rings. The average molecular weight is 324 g/mol. The summed E-state index contributed by atoms with van der Waals surface area (Å²) in [5.74, 6) is 2.71. The van der Waals surface area contributed by atoms with E-state index < -0.39 is 0 Å². The summed E-state index contributed by atoms with van der Waals surface area (Å²) >= 11 is 0. The van der Waals surface area contributed by atoms with Crippen LogP contribution in [0.15, 0.2) is 30.6 Å². The number of fused-ring (bicyclic) bond motifs is 1. The van der Waals surface area contributed by atoms with Crippen molar-refractivity contribution in [2.24, 2.45) is 0 Å². The van der Waals surface area contributed by atoms with Crippen LogP contribution < -0.4 is 14.5 Å². The molecule has 0 amide bonds. The highest BCUT2D eigenvalue weighted by Crippen LogP contribution is 2.29. The number of rotatable bonds is 3. The van der Waals surface area contributed by atoms with Crippen LogP contribution in [0.2, 0.25) is 0 Å². The molecule has 0 bridgehead atoms. The third-order valence-corrected chi connectivity index (χ3v) is 4.39. The summed E-state index contributed by atoms with van der Waals surface area (Å²) in [6.45, 7) is 5.55. The van der Waals surface area contributed by atoms with Crippen molar-refractivity contribution in [3.63, 3.8) is 0 Å². The highest BCUT2D eigenvalue weighted by molar-refractivity contribution is 5.83. The first-order chi connectivity index (χ1) is 11.8. The van der Waals surface area contributed by atoms with Gasteiger partial charge in [0.05, 0.1) is 12.8 Å². The maximum Gasteiger partial charge on any atom is 0.183 e. The molecule has 1 saturated heterocycles. The molecule has 1 aliphatic heterocycles. The summed E-state index contributed by atoms with van der Waals surface area (Å²) in [5, 5.41) is 0. The Morgan fingerprint density at radius 3 is 2.58 bits per heavy atom. The number of anilines is 2. The van der Waals surface area contributed by atoms with Gasteiger partial charge in [-0.3, -0.25) is 0 Å². The van der Waals surface area contributed by atoms with Gasteiger partial charge in [-0.1, -0.05) is 12.1 Å². The Kier molecular flexibility index (Phi) is 3.68. The Bertz CT molecular complexity index is 853. The minimum Gasteiger partial charge on any atom is -0.495 e. The summed E-state index contributed by atoms with van der Waals surface area (Å²) in [6, 6.07) is 8.15. The van der Waals surface area contributed by atoms with Gasteiger partial charge in [-0.05, 0) is 19.1 Å². The number of nitrogens with one attached hydrogen (secondary N) is 1. The third kappa shape index (κ3) is 2.51. The fourth-order valence-electron chi connectivity index (χ4n) is 3.22. The lowest BCUT2D eigenvalue weighted by Crippen LogP contribution is -2.47. The second-order valence-electron chi connectivity index (χ2n) is 5.86. The van der Waals surface area contributed by atoms with Crippen molar-refractivity contribution in [3.8, 4) is 5.75 Å². The van der Waals surface area contributed by atoms with Crippen LogP contribution in [0.25, 0.3) is 11.2 Å². The molecule has 3 aromatic rings. The Morgan fingerprint density at radius 1 is 1.04 bits per heavy atom. The number of aromatic nitrogens is 4. The zero-order valence-corrected chi connectivity index (χ0v) is 13.9. The fourth-order valence-corrected chi connectivity index (χ4v) is 3.22. The molecule has 3 heterocycles. The van der Waals surface area contributed by atoms with Crippen LogP contribution in [-0.2, 0) is 0 Å². The molecule has 0 saturated carbocycles. The van der Waals surface area contributed by atoms with E-state index in [1.54, 1.807) is 13.4 Å². The van der Waals surface area contributed by atoms with Crippen molar-refractivity contribution in [2.75, 3.05) is 43.1 Å². The number of para-hydroxylation sites is 2. The molecule has 2 aromatic heterocycles. The first-order valence-electron chi connectivity index (χ1n) is 8.06. The van der Waals surface area contributed by atoms with Crippen LogP contribution in [0, 0.1) is 6.92 Å². The number of methoxy groups -OCH3 is 1.